The summed E-state index contributed by atoms with van der Waals surface area (Å²) >= 11 is 4.49. The van der Waals surface area contributed by atoms with Crippen LogP contribution < -0.4 is 0 Å². The molecule has 0 saturated heterocycles. The van der Waals surface area contributed by atoms with Crippen molar-refractivity contribution in [3.05, 3.63) is 0 Å². The van der Waals surface area contributed by atoms with Gasteiger partial charge in [0.05, 0.1) is 6.61 Å². The van der Waals surface area contributed by atoms with E-state index in [2.05, 4.69) is 40.3 Å². The van der Waals surface area contributed by atoms with Crippen molar-refractivity contribution in [1.82, 2.24) is 0 Å². The molecule has 1 nitrogen and oxygen atoms in total. The molecule has 0 fully saturated rings. The molecule has 1 unspecified atom stereocenters. The predicted molar refractivity (Wildman–Crippen MR) is 81.0 cm³/mol. The topological polar surface area (TPSA) is 9.23 Å². The minimum absolute atomic E-state index is 0.298. The van der Waals surface area contributed by atoms with Gasteiger partial charge in [0.2, 0.25) is 0 Å². The van der Waals surface area contributed by atoms with Crippen LogP contribution in [-0.2, 0) is 4.74 Å². The fourth-order valence-corrected chi connectivity index (χ4v) is 2.60. The molecule has 0 saturated carbocycles. The lowest BCUT2D eigenvalue weighted by Crippen LogP contribution is -2.28. The van der Waals surface area contributed by atoms with Crippen molar-refractivity contribution in [2.24, 2.45) is 11.3 Å². The zero-order chi connectivity index (χ0) is 13.1. The van der Waals surface area contributed by atoms with Crippen LogP contribution in [0.1, 0.15) is 66.2 Å². The molecule has 0 aliphatic carbocycles. The zero-order valence-corrected chi connectivity index (χ0v) is 13.2. The van der Waals surface area contributed by atoms with E-state index < -0.39 is 0 Å². The zero-order valence-electron chi connectivity index (χ0n) is 12.3. The second kappa shape index (κ2) is 10.3. The van der Waals surface area contributed by atoms with Crippen LogP contribution in [0, 0.1) is 11.3 Å². The van der Waals surface area contributed by atoms with Crippen LogP contribution in [0.3, 0.4) is 0 Å². The van der Waals surface area contributed by atoms with Gasteiger partial charge in [-0.05, 0) is 30.9 Å². The van der Waals surface area contributed by atoms with E-state index in [1.165, 1.54) is 38.5 Å². The molecular weight excluding hydrogens is 228 g/mol. The molecule has 0 aromatic heterocycles. The van der Waals surface area contributed by atoms with Gasteiger partial charge >= 0.3 is 0 Å². The van der Waals surface area contributed by atoms with Crippen molar-refractivity contribution in [3.8, 4) is 0 Å². The number of unbranched alkanes of at least 4 members (excludes halogenated alkanes) is 1. The van der Waals surface area contributed by atoms with Crippen LogP contribution >= 0.6 is 12.6 Å². The van der Waals surface area contributed by atoms with Gasteiger partial charge in [-0.1, -0.05) is 47.0 Å². The van der Waals surface area contributed by atoms with Crippen molar-refractivity contribution < 1.29 is 4.74 Å². The molecule has 0 rings (SSSR count). The van der Waals surface area contributed by atoms with Crippen molar-refractivity contribution in [1.29, 1.82) is 0 Å². The molecule has 0 heterocycles. The first-order valence-corrected chi connectivity index (χ1v) is 7.99. The molecule has 0 radical (unpaired) electrons. The SMILES string of the molecule is CCCCC(CC)COCC(CC)(CC)CS. The lowest BCUT2D eigenvalue weighted by Gasteiger charge is -2.30. The van der Waals surface area contributed by atoms with Crippen LogP contribution in [0.4, 0.5) is 0 Å². The Labute approximate surface area is 114 Å². The molecule has 0 aromatic carbocycles. The summed E-state index contributed by atoms with van der Waals surface area (Å²) in [5.74, 6) is 1.69. The Morgan fingerprint density at radius 2 is 1.76 bits per heavy atom. The van der Waals surface area contributed by atoms with Crippen LogP contribution in [0.25, 0.3) is 0 Å². The Kier molecular flexibility index (Phi) is 10.4. The highest BCUT2D eigenvalue weighted by Crippen LogP contribution is 2.28. The lowest BCUT2D eigenvalue weighted by atomic mass is 9.85. The third kappa shape index (κ3) is 6.71. The third-order valence-corrected chi connectivity index (χ3v) is 4.81. The van der Waals surface area contributed by atoms with Crippen LogP contribution in [-0.4, -0.2) is 19.0 Å². The minimum atomic E-state index is 0.298. The van der Waals surface area contributed by atoms with E-state index in [0.29, 0.717) is 5.41 Å². The molecular formula is C15H32OS. The molecule has 0 aliphatic rings. The average Bonchev–Trinajstić information content (AvgIpc) is 2.39. The number of hydrogen-bond donors (Lipinski definition) is 1. The number of hydrogen-bond acceptors (Lipinski definition) is 2. The summed E-state index contributed by atoms with van der Waals surface area (Å²) < 4.78 is 5.97. The van der Waals surface area contributed by atoms with E-state index in [4.69, 9.17) is 4.74 Å². The minimum Gasteiger partial charge on any atom is -0.381 e. The Balaban J connectivity index is 3.92. The second-order valence-electron chi connectivity index (χ2n) is 5.30. The van der Waals surface area contributed by atoms with Gasteiger partial charge < -0.3 is 4.74 Å². The normalized spacial score (nSPS) is 13.9. The maximum absolute atomic E-state index is 5.97. The fraction of sp³-hybridized carbons (Fsp3) is 1.00. The maximum atomic E-state index is 5.97. The fourth-order valence-electron chi connectivity index (χ4n) is 2.06. The Morgan fingerprint density at radius 1 is 1.12 bits per heavy atom. The summed E-state index contributed by atoms with van der Waals surface area (Å²) in [6.07, 6.45) is 7.52. The highest BCUT2D eigenvalue weighted by Gasteiger charge is 2.24. The monoisotopic (exact) mass is 260 g/mol. The van der Waals surface area contributed by atoms with Gasteiger partial charge in [-0.2, -0.15) is 12.6 Å². The molecule has 17 heavy (non-hydrogen) atoms. The van der Waals surface area contributed by atoms with E-state index in [-0.39, 0.29) is 0 Å². The van der Waals surface area contributed by atoms with Crippen LogP contribution in [0.15, 0.2) is 0 Å². The summed E-state index contributed by atoms with van der Waals surface area (Å²) in [4.78, 5) is 0. The molecule has 0 bridgehead atoms. The quantitative estimate of drug-likeness (QED) is 0.517. The Morgan fingerprint density at radius 3 is 2.18 bits per heavy atom. The van der Waals surface area contributed by atoms with Gasteiger partial charge in [0.15, 0.2) is 0 Å². The van der Waals surface area contributed by atoms with Gasteiger partial charge in [0, 0.05) is 12.0 Å². The largest absolute Gasteiger partial charge is 0.381 e. The first kappa shape index (κ1) is 17.3. The summed E-state index contributed by atoms with van der Waals surface area (Å²) in [6.45, 7) is 10.8. The number of thiol groups is 1. The lowest BCUT2D eigenvalue weighted by molar-refractivity contribution is 0.0282. The van der Waals surface area contributed by atoms with E-state index in [9.17, 15) is 0 Å². The van der Waals surface area contributed by atoms with Gasteiger partial charge in [-0.25, -0.2) is 0 Å². The molecule has 1 atom stereocenters. The summed E-state index contributed by atoms with van der Waals surface area (Å²) in [5, 5.41) is 0. The van der Waals surface area contributed by atoms with Crippen molar-refractivity contribution >= 4 is 12.6 Å². The first-order valence-electron chi connectivity index (χ1n) is 7.36. The molecule has 0 N–H and O–H groups in total. The predicted octanol–water partition coefficient (Wildman–Crippen LogP) is 4.96. The highest BCUT2D eigenvalue weighted by atomic mass is 32.1. The molecule has 0 aliphatic heterocycles. The van der Waals surface area contributed by atoms with Gasteiger partial charge in [-0.15, -0.1) is 0 Å². The van der Waals surface area contributed by atoms with E-state index >= 15 is 0 Å². The third-order valence-electron chi connectivity index (χ3n) is 4.14. The van der Waals surface area contributed by atoms with Crippen LogP contribution in [0.5, 0.6) is 0 Å². The van der Waals surface area contributed by atoms with Gasteiger partial charge in [0.1, 0.15) is 0 Å². The summed E-state index contributed by atoms with van der Waals surface area (Å²) in [6, 6.07) is 0. The maximum Gasteiger partial charge on any atom is 0.0530 e. The summed E-state index contributed by atoms with van der Waals surface area (Å²) in [7, 11) is 0. The van der Waals surface area contributed by atoms with Crippen molar-refractivity contribution in [2.45, 2.75) is 66.2 Å². The average molecular weight is 260 g/mol. The first-order chi connectivity index (χ1) is 8.17. The molecule has 0 aromatic rings. The second-order valence-corrected chi connectivity index (χ2v) is 5.61. The van der Waals surface area contributed by atoms with Crippen molar-refractivity contribution in [2.75, 3.05) is 19.0 Å². The van der Waals surface area contributed by atoms with Crippen LogP contribution in [0.2, 0.25) is 0 Å². The smallest absolute Gasteiger partial charge is 0.0530 e. The molecule has 104 valence electrons. The van der Waals surface area contributed by atoms with Crippen molar-refractivity contribution in [3.63, 3.8) is 0 Å². The van der Waals surface area contributed by atoms with E-state index in [0.717, 1.165) is 24.9 Å². The standard InChI is InChI=1S/C15H32OS/c1-5-9-10-14(6-2)11-16-12-15(7-3,8-4)13-17/h14,17H,5-13H2,1-4H3. The Hall–Kier alpha value is 0.310. The summed E-state index contributed by atoms with van der Waals surface area (Å²) in [5.41, 5.74) is 0.298. The highest BCUT2D eigenvalue weighted by molar-refractivity contribution is 7.80. The number of ether oxygens (including phenoxy) is 1. The molecule has 0 amide bonds. The number of rotatable bonds is 11. The Bertz CT molecular complexity index is 158. The van der Waals surface area contributed by atoms with E-state index in [1.54, 1.807) is 0 Å². The molecule has 0 spiro atoms. The van der Waals surface area contributed by atoms with Gasteiger partial charge in [-0.3, -0.25) is 0 Å². The van der Waals surface area contributed by atoms with E-state index in [1.807, 2.05) is 0 Å². The molecule has 2 heteroatoms. The van der Waals surface area contributed by atoms with Gasteiger partial charge in [0.25, 0.3) is 0 Å².